The standard InChI is InChI=1S/C7H5Cl2.BrH.Mg/c1-5-4-6(8)2-3-7(5)9;;/h2-4H,1H2;1H;/q-1;;+2/p-1. The van der Waals surface area contributed by atoms with Gasteiger partial charge >= 0.3 is 23.1 Å². The Morgan fingerprint density at radius 3 is 2.09 bits per heavy atom. The van der Waals surface area contributed by atoms with Gasteiger partial charge < -0.3 is 17.0 Å². The molecule has 1 aromatic rings. The zero-order chi connectivity index (χ0) is 6.85. The van der Waals surface area contributed by atoms with Crippen molar-refractivity contribution in [2.75, 3.05) is 0 Å². The Labute approximate surface area is 103 Å². The molecule has 4 heteroatoms. The normalized spacial score (nSPS) is 7.82. The molecule has 0 unspecified atom stereocenters. The third kappa shape index (κ3) is 4.48. The quantitative estimate of drug-likeness (QED) is 0.450. The zero-order valence-corrected chi connectivity index (χ0v) is 10.3. The van der Waals surface area contributed by atoms with E-state index < -0.39 is 0 Å². The van der Waals surface area contributed by atoms with Gasteiger partial charge in [0.15, 0.2) is 0 Å². The SMILES string of the molecule is [Br-].[CH2-]c1cc(Cl)ccc1Cl.[Mg+2]. The first-order chi connectivity index (χ1) is 4.20. The van der Waals surface area contributed by atoms with Crippen LogP contribution in [0.1, 0.15) is 5.56 Å². The zero-order valence-electron chi connectivity index (χ0n) is 5.78. The van der Waals surface area contributed by atoms with Crippen LogP contribution in [0.3, 0.4) is 0 Å². The van der Waals surface area contributed by atoms with Crippen LogP contribution in [0.4, 0.5) is 0 Å². The first-order valence-electron chi connectivity index (χ1n) is 2.47. The number of hydrogen-bond acceptors (Lipinski definition) is 0. The van der Waals surface area contributed by atoms with Gasteiger partial charge in [0.05, 0.1) is 0 Å². The van der Waals surface area contributed by atoms with E-state index in [0.29, 0.717) is 10.0 Å². The van der Waals surface area contributed by atoms with Crippen molar-refractivity contribution in [1.29, 1.82) is 0 Å². The van der Waals surface area contributed by atoms with E-state index in [1.807, 2.05) is 0 Å². The molecule has 0 saturated heterocycles. The van der Waals surface area contributed by atoms with E-state index >= 15 is 0 Å². The summed E-state index contributed by atoms with van der Waals surface area (Å²) in [4.78, 5) is 0. The molecule has 0 amide bonds. The van der Waals surface area contributed by atoms with E-state index in [0.717, 1.165) is 5.56 Å². The Hall–Kier alpha value is 0.916. The minimum atomic E-state index is 0. The predicted octanol–water partition coefficient (Wildman–Crippen LogP) is -0.201. The largest absolute Gasteiger partial charge is 2.00 e. The van der Waals surface area contributed by atoms with Crippen LogP contribution in [-0.4, -0.2) is 23.1 Å². The summed E-state index contributed by atoms with van der Waals surface area (Å²) >= 11 is 11.3. The third-order valence-electron chi connectivity index (χ3n) is 1.01. The van der Waals surface area contributed by atoms with Crippen molar-refractivity contribution in [2.45, 2.75) is 0 Å². The molecule has 0 aromatic heterocycles. The average Bonchev–Trinajstić information content (AvgIpc) is 1.80. The van der Waals surface area contributed by atoms with Gasteiger partial charge in [-0.15, -0.1) is 6.07 Å². The summed E-state index contributed by atoms with van der Waals surface area (Å²) in [5, 5.41) is 1.32. The Balaban J connectivity index is 0. The van der Waals surface area contributed by atoms with Gasteiger partial charge in [-0.2, -0.15) is 24.1 Å². The van der Waals surface area contributed by atoms with Crippen LogP contribution in [0.25, 0.3) is 0 Å². The van der Waals surface area contributed by atoms with E-state index in [2.05, 4.69) is 6.92 Å². The Bertz CT molecular complexity index is 228. The van der Waals surface area contributed by atoms with Crippen molar-refractivity contribution >= 4 is 46.3 Å². The molecule has 0 atom stereocenters. The maximum Gasteiger partial charge on any atom is 2.00 e. The molecular weight excluding hydrogens is 259 g/mol. The van der Waals surface area contributed by atoms with Crippen molar-refractivity contribution in [1.82, 2.24) is 0 Å². The second-order valence-electron chi connectivity index (χ2n) is 1.74. The van der Waals surface area contributed by atoms with Crippen LogP contribution in [-0.2, 0) is 0 Å². The fourth-order valence-electron chi connectivity index (χ4n) is 0.543. The fraction of sp³-hybridized carbons (Fsp3) is 0. The first-order valence-corrected chi connectivity index (χ1v) is 3.23. The molecule has 0 saturated carbocycles. The van der Waals surface area contributed by atoms with Crippen LogP contribution in [0.2, 0.25) is 10.0 Å². The van der Waals surface area contributed by atoms with E-state index in [4.69, 9.17) is 23.2 Å². The summed E-state index contributed by atoms with van der Waals surface area (Å²) in [5.41, 5.74) is 0.768. The number of rotatable bonds is 0. The topological polar surface area (TPSA) is 0 Å². The number of hydrogen-bond donors (Lipinski definition) is 0. The molecule has 0 aliphatic heterocycles. The molecule has 0 heterocycles. The van der Waals surface area contributed by atoms with Crippen molar-refractivity contribution in [3.8, 4) is 0 Å². The summed E-state index contributed by atoms with van der Waals surface area (Å²) in [5.74, 6) is 0. The maximum atomic E-state index is 5.66. The molecule has 0 bridgehead atoms. The van der Waals surface area contributed by atoms with Gasteiger partial charge in [-0.25, -0.2) is 0 Å². The molecule has 11 heavy (non-hydrogen) atoms. The van der Waals surface area contributed by atoms with Crippen molar-refractivity contribution in [2.24, 2.45) is 0 Å². The van der Waals surface area contributed by atoms with E-state index in [1.54, 1.807) is 18.2 Å². The van der Waals surface area contributed by atoms with Gasteiger partial charge in [0.2, 0.25) is 0 Å². The average molecular weight is 264 g/mol. The summed E-state index contributed by atoms with van der Waals surface area (Å²) in [6, 6.07) is 5.19. The molecule has 1 rings (SSSR count). The smallest absolute Gasteiger partial charge is 1.00 e. The molecule has 0 spiro atoms. The number of benzene rings is 1. The van der Waals surface area contributed by atoms with Crippen LogP contribution < -0.4 is 17.0 Å². The summed E-state index contributed by atoms with van der Waals surface area (Å²) in [6.45, 7) is 3.66. The summed E-state index contributed by atoms with van der Waals surface area (Å²) in [7, 11) is 0. The van der Waals surface area contributed by atoms with Crippen molar-refractivity contribution in [3.63, 3.8) is 0 Å². The molecular formula is C7H5BrCl2Mg. The Morgan fingerprint density at radius 2 is 1.73 bits per heavy atom. The Kier molecular flexibility index (Phi) is 8.45. The molecule has 1 aromatic carbocycles. The molecule has 0 radical (unpaired) electrons. The fourth-order valence-corrected chi connectivity index (χ4v) is 0.856. The molecule has 0 N–H and O–H groups in total. The van der Waals surface area contributed by atoms with E-state index in [1.165, 1.54) is 0 Å². The van der Waals surface area contributed by atoms with Gasteiger partial charge in [-0.1, -0.05) is 28.8 Å². The van der Waals surface area contributed by atoms with E-state index in [9.17, 15) is 0 Å². The third-order valence-corrected chi connectivity index (χ3v) is 1.61. The van der Waals surface area contributed by atoms with Gasteiger partial charge in [-0.3, -0.25) is 0 Å². The van der Waals surface area contributed by atoms with Gasteiger partial charge in [0.1, 0.15) is 0 Å². The molecule has 0 aliphatic carbocycles. The maximum absolute atomic E-state index is 5.66. The molecule has 0 aliphatic rings. The second kappa shape index (κ2) is 6.43. The second-order valence-corrected chi connectivity index (χ2v) is 2.58. The summed E-state index contributed by atoms with van der Waals surface area (Å²) < 4.78 is 0. The van der Waals surface area contributed by atoms with E-state index in [-0.39, 0.29) is 40.0 Å². The van der Waals surface area contributed by atoms with Gasteiger partial charge in [-0.05, 0) is 5.02 Å². The minimum absolute atomic E-state index is 0. The first kappa shape index (κ1) is 14.4. The van der Waals surface area contributed by atoms with Crippen LogP contribution in [0, 0.1) is 6.92 Å². The molecule has 0 nitrogen and oxygen atoms in total. The minimum Gasteiger partial charge on any atom is -1.00 e. The van der Waals surface area contributed by atoms with Crippen molar-refractivity contribution in [3.05, 3.63) is 40.7 Å². The Morgan fingerprint density at radius 1 is 1.18 bits per heavy atom. The summed E-state index contributed by atoms with van der Waals surface area (Å²) in [6.07, 6.45) is 0. The van der Waals surface area contributed by atoms with Gasteiger partial charge in [0.25, 0.3) is 0 Å². The van der Waals surface area contributed by atoms with Crippen molar-refractivity contribution < 1.29 is 17.0 Å². The predicted molar refractivity (Wildman–Crippen MR) is 46.7 cm³/mol. The van der Waals surface area contributed by atoms with Crippen LogP contribution >= 0.6 is 23.2 Å². The molecule has 0 fully saturated rings. The number of halogens is 3. The van der Waals surface area contributed by atoms with Crippen LogP contribution in [0.15, 0.2) is 18.2 Å². The molecule has 56 valence electrons. The van der Waals surface area contributed by atoms with Gasteiger partial charge in [0, 0.05) is 0 Å². The van der Waals surface area contributed by atoms with Crippen LogP contribution in [0.5, 0.6) is 0 Å². The monoisotopic (exact) mass is 262 g/mol.